The van der Waals surface area contributed by atoms with E-state index in [1.807, 2.05) is 30.3 Å². The lowest BCUT2D eigenvalue weighted by atomic mass is 9.73. The molecule has 1 atom stereocenters. The average Bonchev–Trinajstić information content (AvgIpc) is 2.76. The standard InChI is InChI=1S/C27H36F2/c1-4-6-7-8-21-11-15-23(16-12-21)25-18-17-24(26(28)27(25)29)19(3)22-13-9-20(5-2)10-14-22/h11-12,15-20,22H,4-10,13-14H2,1-3H3. The fourth-order valence-corrected chi connectivity index (χ4v) is 4.92. The molecule has 158 valence electrons. The Morgan fingerprint density at radius 3 is 2.17 bits per heavy atom. The zero-order valence-electron chi connectivity index (χ0n) is 18.3. The largest absolute Gasteiger partial charge is 0.203 e. The molecule has 1 unspecified atom stereocenters. The Balaban J connectivity index is 1.74. The normalized spacial score (nSPS) is 20.6. The third kappa shape index (κ3) is 5.27. The van der Waals surface area contributed by atoms with Crippen molar-refractivity contribution in [2.24, 2.45) is 11.8 Å². The first-order valence-corrected chi connectivity index (χ1v) is 11.6. The van der Waals surface area contributed by atoms with Crippen LogP contribution in [-0.4, -0.2) is 0 Å². The number of benzene rings is 2. The number of hydrogen-bond donors (Lipinski definition) is 0. The minimum absolute atomic E-state index is 0.0669. The predicted molar refractivity (Wildman–Crippen MR) is 119 cm³/mol. The van der Waals surface area contributed by atoms with Gasteiger partial charge < -0.3 is 0 Å². The molecule has 0 saturated heterocycles. The molecule has 2 aromatic carbocycles. The van der Waals surface area contributed by atoms with E-state index in [1.54, 1.807) is 6.07 Å². The summed E-state index contributed by atoms with van der Waals surface area (Å²) in [6, 6.07) is 11.5. The van der Waals surface area contributed by atoms with Crippen molar-refractivity contribution in [3.05, 3.63) is 59.2 Å². The van der Waals surface area contributed by atoms with E-state index >= 15 is 4.39 Å². The molecule has 3 rings (SSSR count). The smallest absolute Gasteiger partial charge is 0.166 e. The highest BCUT2D eigenvalue weighted by atomic mass is 19.2. The van der Waals surface area contributed by atoms with E-state index in [9.17, 15) is 4.39 Å². The third-order valence-corrected chi connectivity index (χ3v) is 7.11. The lowest BCUT2D eigenvalue weighted by molar-refractivity contribution is 0.242. The summed E-state index contributed by atoms with van der Waals surface area (Å²) in [6.45, 7) is 6.51. The highest BCUT2D eigenvalue weighted by Gasteiger charge is 2.28. The topological polar surface area (TPSA) is 0 Å². The Kier molecular flexibility index (Phi) is 7.86. The molecule has 1 saturated carbocycles. The maximum absolute atomic E-state index is 15.0. The molecular formula is C27H36F2. The molecule has 0 nitrogen and oxygen atoms in total. The van der Waals surface area contributed by atoms with E-state index in [2.05, 4.69) is 20.8 Å². The van der Waals surface area contributed by atoms with E-state index in [1.165, 1.54) is 44.1 Å². The molecule has 0 radical (unpaired) electrons. The Labute approximate surface area is 175 Å². The van der Waals surface area contributed by atoms with E-state index in [4.69, 9.17) is 0 Å². The van der Waals surface area contributed by atoms with Crippen LogP contribution in [0.15, 0.2) is 36.4 Å². The van der Waals surface area contributed by atoms with Crippen LogP contribution in [-0.2, 0) is 6.42 Å². The second kappa shape index (κ2) is 10.4. The molecule has 0 aliphatic heterocycles. The van der Waals surface area contributed by atoms with Gasteiger partial charge in [0.05, 0.1) is 0 Å². The molecule has 0 N–H and O–H groups in total. The van der Waals surface area contributed by atoms with Gasteiger partial charge in [-0.1, -0.05) is 89.3 Å². The summed E-state index contributed by atoms with van der Waals surface area (Å²) in [5, 5.41) is 0. The van der Waals surface area contributed by atoms with Gasteiger partial charge in [-0.25, -0.2) is 8.78 Å². The van der Waals surface area contributed by atoms with Gasteiger partial charge >= 0.3 is 0 Å². The molecule has 1 fully saturated rings. The summed E-state index contributed by atoms with van der Waals surface area (Å²) in [7, 11) is 0. The number of rotatable bonds is 8. The quantitative estimate of drug-likeness (QED) is 0.390. The van der Waals surface area contributed by atoms with Crippen LogP contribution in [0.5, 0.6) is 0 Å². The molecule has 0 aromatic heterocycles. The van der Waals surface area contributed by atoms with Gasteiger partial charge in [0.1, 0.15) is 0 Å². The van der Waals surface area contributed by atoms with Crippen molar-refractivity contribution in [1.29, 1.82) is 0 Å². The maximum atomic E-state index is 15.0. The summed E-state index contributed by atoms with van der Waals surface area (Å²) in [5.74, 6) is -0.0143. The molecule has 0 bridgehead atoms. The molecule has 29 heavy (non-hydrogen) atoms. The Morgan fingerprint density at radius 1 is 0.862 bits per heavy atom. The van der Waals surface area contributed by atoms with Gasteiger partial charge in [0.15, 0.2) is 11.6 Å². The van der Waals surface area contributed by atoms with Gasteiger partial charge in [0.2, 0.25) is 0 Å². The highest BCUT2D eigenvalue weighted by Crippen LogP contribution is 2.40. The van der Waals surface area contributed by atoms with Crippen LogP contribution in [0.1, 0.15) is 89.2 Å². The Bertz CT molecular complexity index is 770. The van der Waals surface area contributed by atoms with Crippen molar-refractivity contribution in [1.82, 2.24) is 0 Å². The number of hydrogen-bond acceptors (Lipinski definition) is 0. The van der Waals surface area contributed by atoms with E-state index in [0.29, 0.717) is 17.0 Å². The van der Waals surface area contributed by atoms with Crippen LogP contribution in [0, 0.1) is 23.5 Å². The summed E-state index contributed by atoms with van der Waals surface area (Å²) in [4.78, 5) is 0. The molecule has 1 aliphatic rings. The minimum atomic E-state index is -0.699. The van der Waals surface area contributed by atoms with Crippen molar-refractivity contribution in [3.63, 3.8) is 0 Å². The van der Waals surface area contributed by atoms with E-state index < -0.39 is 11.6 Å². The zero-order chi connectivity index (χ0) is 20.8. The van der Waals surface area contributed by atoms with Crippen molar-refractivity contribution in [2.45, 2.75) is 84.5 Å². The number of aryl methyl sites for hydroxylation is 1. The van der Waals surface area contributed by atoms with Gasteiger partial charge in [-0.05, 0) is 60.1 Å². The summed E-state index contributed by atoms with van der Waals surface area (Å²) in [5.41, 5.74) is 2.93. The van der Waals surface area contributed by atoms with Crippen molar-refractivity contribution in [2.75, 3.05) is 0 Å². The second-order valence-electron chi connectivity index (χ2n) is 8.96. The molecular weight excluding hydrogens is 362 g/mol. The minimum Gasteiger partial charge on any atom is -0.203 e. The first kappa shape index (κ1) is 22.0. The summed E-state index contributed by atoms with van der Waals surface area (Å²) >= 11 is 0. The third-order valence-electron chi connectivity index (χ3n) is 7.11. The van der Waals surface area contributed by atoms with Crippen molar-refractivity contribution >= 4 is 0 Å². The van der Waals surface area contributed by atoms with Crippen LogP contribution >= 0.6 is 0 Å². The van der Waals surface area contributed by atoms with Gasteiger partial charge in [0.25, 0.3) is 0 Å². The van der Waals surface area contributed by atoms with Crippen LogP contribution in [0.3, 0.4) is 0 Å². The Morgan fingerprint density at radius 2 is 1.55 bits per heavy atom. The molecule has 0 spiro atoms. The van der Waals surface area contributed by atoms with E-state index in [-0.39, 0.29) is 5.92 Å². The van der Waals surface area contributed by atoms with Crippen LogP contribution in [0.4, 0.5) is 8.78 Å². The zero-order valence-corrected chi connectivity index (χ0v) is 18.3. The lowest BCUT2D eigenvalue weighted by Crippen LogP contribution is -2.19. The predicted octanol–water partition coefficient (Wildman–Crippen LogP) is 8.68. The number of halogens is 2. The van der Waals surface area contributed by atoms with Crippen molar-refractivity contribution in [3.8, 4) is 11.1 Å². The maximum Gasteiger partial charge on any atom is 0.166 e. The molecule has 2 aromatic rings. The van der Waals surface area contributed by atoms with Crippen molar-refractivity contribution < 1.29 is 8.78 Å². The average molecular weight is 399 g/mol. The molecule has 0 heterocycles. The summed E-state index contributed by atoms with van der Waals surface area (Å²) in [6.07, 6.45) is 10.6. The van der Waals surface area contributed by atoms with Gasteiger partial charge in [-0.3, -0.25) is 0 Å². The second-order valence-corrected chi connectivity index (χ2v) is 8.96. The van der Waals surface area contributed by atoms with Gasteiger partial charge in [-0.2, -0.15) is 0 Å². The fraction of sp³-hybridized carbons (Fsp3) is 0.556. The molecule has 0 amide bonds. The van der Waals surface area contributed by atoms with Gasteiger partial charge in [0, 0.05) is 5.56 Å². The lowest BCUT2D eigenvalue weighted by Gasteiger charge is -2.32. The van der Waals surface area contributed by atoms with E-state index in [0.717, 1.165) is 30.7 Å². The Hall–Kier alpha value is -1.70. The summed E-state index contributed by atoms with van der Waals surface area (Å²) < 4.78 is 30.0. The van der Waals surface area contributed by atoms with Gasteiger partial charge in [-0.15, -0.1) is 0 Å². The molecule has 2 heteroatoms. The number of unbranched alkanes of at least 4 members (excludes halogenated alkanes) is 2. The first-order chi connectivity index (χ1) is 14.0. The highest BCUT2D eigenvalue weighted by molar-refractivity contribution is 5.65. The van der Waals surface area contributed by atoms with Crippen LogP contribution in [0.2, 0.25) is 0 Å². The van der Waals surface area contributed by atoms with Crippen LogP contribution < -0.4 is 0 Å². The SMILES string of the molecule is CCCCCc1ccc(-c2ccc(C(C)C3CCC(CC)CC3)c(F)c2F)cc1. The molecule has 1 aliphatic carbocycles. The van der Waals surface area contributed by atoms with Crippen LogP contribution in [0.25, 0.3) is 11.1 Å². The fourth-order valence-electron chi connectivity index (χ4n) is 4.92. The first-order valence-electron chi connectivity index (χ1n) is 11.6. The monoisotopic (exact) mass is 398 g/mol.